The molecule has 3 rings (SSSR count). The van der Waals surface area contributed by atoms with Gasteiger partial charge in [-0.2, -0.15) is 18.3 Å². The Labute approximate surface area is 152 Å². The third kappa shape index (κ3) is 5.27. The lowest BCUT2D eigenvalue weighted by Crippen LogP contribution is -2.21. The number of alkyl halides is 3. The van der Waals surface area contributed by atoms with E-state index in [1.54, 1.807) is 29.3 Å². The van der Waals surface area contributed by atoms with E-state index < -0.39 is 17.6 Å². The number of rotatable bonds is 6. The fraction of sp³-hybridized carbons (Fsp3) is 0.176. The number of halogens is 3. The molecule has 2 aromatic heterocycles. The number of benzene rings is 1. The van der Waals surface area contributed by atoms with Crippen molar-refractivity contribution in [2.75, 3.05) is 17.2 Å². The minimum atomic E-state index is -4.46. The van der Waals surface area contributed by atoms with E-state index >= 15 is 0 Å². The molecule has 0 fully saturated rings. The summed E-state index contributed by atoms with van der Waals surface area (Å²) in [6.07, 6.45) is 2.00. The largest absolute Gasteiger partial charge is 0.416 e. The Morgan fingerprint density at radius 1 is 1.11 bits per heavy atom. The summed E-state index contributed by atoms with van der Waals surface area (Å²) in [4.78, 5) is 20.1. The molecule has 140 valence electrons. The van der Waals surface area contributed by atoms with Gasteiger partial charge in [0.1, 0.15) is 12.4 Å². The first kappa shape index (κ1) is 18.4. The number of nitrogens with one attached hydrogen (secondary N) is 2. The number of carbonyl (C=O) groups is 1. The molecule has 10 heteroatoms. The maximum atomic E-state index is 12.7. The molecule has 0 saturated heterocycles. The first-order valence-corrected chi connectivity index (χ1v) is 7.89. The van der Waals surface area contributed by atoms with Crippen molar-refractivity contribution in [2.24, 2.45) is 0 Å². The SMILES string of the molecule is O=C(CNc1cnn(Cc2ncccn2)c1)Nc1cccc(C(F)(F)F)c1. The molecule has 0 atom stereocenters. The normalized spacial score (nSPS) is 11.2. The summed E-state index contributed by atoms with van der Waals surface area (Å²) in [6.45, 7) is 0.253. The fourth-order valence-electron chi connectivity index (χ4n) is 2.26. The zero-order valence-electron chi connectivity index (χ0n) is 13.9. The van der Waals surface area contributed by atoms with Crippen LogP contribution in [0.5, 0.6) is 0 Å². The summed E-state index contributed by atoms with van der Waals surface area (Å²) >= 11 is 0. The second kappa shape index (κ2) is 7.85. The van der Waals surface area contributed by atoms with Gasteiger partial charge in [0, 0.05) is 24.3 Å². The van der Waals surface area contributed by atoms with Gasteiger partial charge in [0.2, 0.25) is 5.91 Å². The average molecular weight is 376 g/mol. The van der Waals surface area contributed by atoms with Crippen molar-refractivity contribution in [1.82, 2.24) is 19.7 Å². The van der Waals surface area contributed by atoms with Gasteiger partial charge in [-0.05, 0) is 24.3 Å². The van der Waals surface area contributed by atoms with Gasteiger partial charge < -0.3 is 10.6 Å². The Balaban J connectivity index is 1.52. The topological polar surface area (TPSA) is 84.7 Å². The van der Waals surface area contributed by atoms with Gasteiger partial charge in [-0.15, -0.1) is 0 Å². The Bertz CT molecular complexity index is 910. The van der Waals surface area contributed by atoms with Gasteiger partial charge in [0.15, 0.2) is 0 Å². The molecule has 7 nitrogen and oxygen atoms in total. The number of nitrogens with zero attached hydrogens (tertiary/aromatic N) is 4. The monoisotopic (exact) mass is 376 g/mol. The van der Waals surface area contributed by atoms with Crippen LogP contribution in [0.25, 0.3) is 0 Å². The van der Waals surface area contributed by atoms with Gasteiger partial charge in [0.05, 0.1) is 24.0 Å². The highest BCUT2D eigenvalue weighted by atomic mass is 19.4. The van der Waals surface area contributed by atoms with Gasteiger partial charge in [0.25, 0.3) is 0 Å². The lowest BCUT2D eigenvalue weighted by molar-refractivity contribution is -0.137. The Morgan fingerprint density at radius 2 is 1.89 bits per heavy atom. The molecule has 0 aliphatic heterocycles. The predicted molar refractivity (Wildman–Crippen MR) is 91.9 cm³/mol. The number of hydrogen-bond donors (Lipinski definition) is 2. The molecular weight excluding hydrogens is 361 g/mol. The molecule has 0 spiro atoms. The predicted octanol–water partition coefficient (Wildman–Crippen LogP) is 2.79. The second-order valence-electron chi connectivity index (χ2n) is 5.57. The number of hydrogen-bond acceptors (Lipinski definition) is 5. The summed E-state index contributed by atoms with van der Waals surface area (Å²) in [7, 11) is 0. The van der Waals surface area contributed by atoms with Crippen LogP contribution >= 0.6 is 0 Å². The van der Waals surface area contributed by atoms with Crippen molar-refractivity contribution in [1.29, 1.82) is 0 Å². The van der Waals surface area contributed by atoms with Crippen molar-refractivity contribution in [3.05, 3.63) is 66.5 Å². The van der Waals surface area contributed by atoms with Crippen LogP contribution in [0.15, 0.2) is 55.1 Å². The molecule has 27 heavy (non-hydrogen) atoms. The van der Waals surface area contributed by atoms with E-state index in [0.29, 0.717) is 18.1 Å². The molecule has 0 aliphatic rings. The van der Waals surface area contributed by atoms with Crippen LogP contribution in [0.3, 0.4) is 0 Å². The minimum absolute atomic E-state index is 0.0774. The molecule has 2 heterocycles. The molecule has 1 aromatic carbocycles. The Kier molecular flexibility index (Phi) is 5.34. The van der Waals surface area contributed by atoms with Crippen molar-refractivity contribution in [3.63, 3.8) is 0 Å². The lowest BCUT2D eigenvalue weighted by Gasteiger charge is -2.10. The lowest BCUT2D eigenvalue weighted by atomic mass is 10.2. The van der Waals surface area contributed by atoms with Gasteiger partial charge in [-0.3, -0.25) is 9.48 Å². The molecule has 0 unspecified atom stereocenters. The summed E-state index contributed by atoms with van der Waals surface area (Å²) < 4.78 is 39.7. The van der Waals surface area contributed by atoms with Crippen molar-refractivity contribution < 1.29 is 18.0 Å². The highest BCUT2D eigenvalue weighted by molar-refractivity contribution is 5.93. The number of anilines is 2. The zero-order valence-corrected chi connectivity index (χ0v) is 13.9. The molecule has 0 saturated carbocycles. The molecular formula is C17H15F3N6O. The van der Waals surface area contributed by atoms with Crippen LogP contribution in [-0.4, -0.2) is 32.2 Å². The zero-order chi connectivity index (χ0) is 19.3. The van der Waals surface area contributed by atoms with E-state index in [0.717, 1.165) is 12.1 Å². The summed E-state index contributed by atoms with van der Waals surface area (Å²) in [5.41, 5.74) is -0.156. The highest BCUT2D eigenvalue weighted by Crippen LogP contribution is 2.30. The van der Waals surface area contributed by atoms with Crippen molar-refractivity contribution in [3.8, 4) is 0 Å². The number of amides is 1. The third-order valence-corrected chi connectivity index (χ3v) is 3.48. The van der Waals surface area contributed by atoms with E-state index in [1.165, 1.54) is 18.3 Å². The molecule has 2 N–H and O–H groups in total. The van der Waals surface area contributed by atoms with Gasteiger partial charge in [-0.1, -0.05) is 6.07 Å². The van der Waals surface area contributed by atoms with E-state index in [2.05, 4.69) is 25.7 Å². The maximum absolute atomic E-state index is 12.7. The first-order valence-electron chi connectivity index (χ1n) is 7.89. The number of aromatic nitrogens is 4. The van der Waals surface area contributed by atoms with Crippen LogP contribution in [0.4, 0.5) is 24.5 Å². The van der Waals surface area contributed by atoms with Gasteiger partial charge >= 0.3 is 6.18 Å². The third-order valence-electron chi connectivity index (χ3n) is 3.48. The smallest absolute Gasteiger partial charge is 0.374 e. The summed E-state index contributed by atoms with van der Waals surface area (Å²) in [5.74, 6) is 0.114. The minimum Gasteiger partial charge on any atom is -0.374 e. The van der Waals surface area contributed by atoms with Gasteiger partial charge in [-0.25, -0.2) is 9.97 Å². The Morgan fingerprint density at radius 3 is 2.63 bits per heavy atom. The second-order valence-corrected chi connectivity index (χ2v) is 5.57. The molecule has 0 radical (unpaired) electrons. The molecule has 0 bridgehead atoms. The maximum Gasteiger partial charge on any atom is 0.416 e. The van der Waals surface area contributed by atoms with E-state index in [4.69, 9.17) is 0 Å². The fourth-order valence-corrected chi connectivity index (χ4v) is 2.26. The van der Waals surface area contributed by atoms with Crippen LogP contribution in [0.1, 0.15) is 11.4 Å². The van der Waals surface area contributed by atoms with Crippen LogP contribution in [0, 0.1) is 0 Å². The molecule has 3 aromatic rings. The van der Waals surface area contributed by atoms with Crippen LogP contribution in [-0.2, 0) is 17.5 Å². The average Bonchev–Trinajstić information content (AvgIpc) is 3.08. The van der Waals surface area contributed by atoms with E-state index in [1.807, 2.05) is 0 Å². The molecule has 1 amide bonds. The first-order chi connectivity index (χ1) is 12.9. The summed E-state index contributed by atoms with van der Waals surface area (Å²) in [5, 5.41) is 9.41. The van der Waals surface area contributed by atoms with Crippen LogP contribution < -0.4 is 10.6 Å². The number of carbonyl (C=O) groups excluding carboxylic acids is 1. The highest BCUT2D eigenvalue weighted by Gasteiger charge is 2.30. The van der Waals surface area contributed by atoms with Crippen molar-refractivity contribution >= 4 is 17.3 Å². The van der Waals surface area contributed by atoms with E-state index in [-0.39, 0.29) is 12.2 Å². The molecule has 0 aliphatic carbocycles. The Hall–Kier alpha value is -3.43. The quantitative estimate of drug-likeness (QED) is 0.691. The van der Waals surface area contributed by atoms with Crippen LogP contribution in [0.2, 0.25) is 0 Å². The summed E-state index contributed by atoms with van der Waals surface area (Å²) in [6, 6.07) is 6.17. The standard InChI is InChI=1S/C17H15F3N6O/c18-17(19,20)12-3-1-4-13(7-12)25-16(27)9-23-14-8-24-26(10-14)11-15-21-5-2-6-22-15/h1-8,10,23H,9,11H2,(H,25,27). The van der Waals surface area contributed by atoms with Crippen molar-refractivity contribution in [2.45, 2.75) is 12.7 Å². The van der Waals surface area contributed by atoms with E-state index in [9.17, 15) is 18.0 Å².